The molecule has 2 aromatic rings. The molecule has 4 rings (SSSR count). The van der Waals surface area contributed by atoms with Crippen molar-refractivity contribution in [1.82, 2.24) is 0 Å². The monoisotopic (exact) mass is 310 g/mol. The summed E-state index contributed by atoms with van der Waals surface area (Å²) in [4.78, 5) is 0. The van der Waals surface area contributed by atoms with Crippen molar-refractivity contribution >= 4 is 13.2 Å². The highest BCUT2D eigenvalue weighted by atomic mass is 31.1. The lowest BCUT2D eigenvalue weighted by Crippen LogP contribution is -2.17. The molecule has 2 heteroatoms. The summed E-state index contributed by atoms with van der Waals surface area (Å²) in [5.74, 6) is 1.15. The quantitative estimate of drug-likeness (QED) is 0.670. The van der Waals surface area contributed by atoms with Crippen LogP contribution >= 0.6 is 7.92 Å². The summed E-state index contributed by atoms with van der Waals surface area (Å²) >= 11 is 0. The Bertz CT molecular complexity index is 673. The molecule has 0 radical (unpaired) electrons. The minimum absolute atomic E-state index is 0.158. The predicted molar refractivity (Wildman–Crippen MR) is 95.5 cm³/mol. The number of fused-ring (bicyclic) bond motifs is 1. The van der Waals surface area contributed by atoms with Gasteiger partial charge in [-0.15, -0.1) is 0 Å². The molecule has 0 spiro atoms. The van der Waals surface area contributed by atoms with Gasteiger partial charge >= 0.3 is 0 Å². The molecule has 0 N–H and O–H groups in total. The molecule has 1 aliphatic carbocycles. The molecular formula is C20H23OP. The molecule has 2 aliphatic rings. The lowest BCUT2D eigenvalue weighted by atomic mass is 10.00. The van der Waals surface area contributed by atoms with E-state index in [2.05, 4.69) is 49.4 Å². The Morgan fingerprint density at radius 1 is 0.909 bits per heavy atom. The van der Waals surface area contributed by atoms with Crippen molar-refractivity contribution in [2.45, 2.75) is 44.7 Å². The summed E-state index contributed by atoms with van der Waals surface area (Å²) in [6.07, 6.45) is 7.98. The normalized spacial score (nSPS) is 21.4. The van der Waals surface area contributed by atoms with E-state index in [0.29, 0.717) is 0 Å². The largest absolute Gasteiger partial charge is 0.488 e. The molecule has 1 heterocycles. The molecule has 114 valence electrons. The van der Waals surface area contributed by atoms with Crippen LogP contribution < -0.4 is 10.0 Å². The maximum absolute atomic E-state index is 6.10. The first-order valence-corrected chi connectivity index (χ1v) is 10.0. The zero-order chi connectivity index (χ0) is 14.9. The van der Waals surface area contributed by atoms with Gasteiger partial charge in [0.15, 0.2) is 0 Å². The van der Waals surface area contributed by atoms with Crippen molar-refractivity contribution < 1.29 is 4.74 Å². The van der Waals surface area contributed by atoms with Gasteiger partial charge < -0.3 is 4.74 Å². The Morgan fingerprint density at radius 2 is 1.68 bits per heavy atom. The van der Waals surface area contributed by atoms with Crippen molar-refractivity contribution in [3.8, 4) is 16.9 Å². The van der Waals surface area contributed by atoms with E-state index in [1.807, 2.05) is 0 Å². The fourth-order valence-electron chi connectivity index (χ4n) is 3.91. The van der Waals surface area contributed by atoms with E-state index in [1.54, 1.807) is 5.30 Å². The van der Waals surface area contributed by atoms with E-state index >= 15 is 0 Å². The molecule has 0 bridgehead atoms. The zero-order valence-electron chi connectivity index (χ0n) is 13.2. The number of ether oxygens (including phenoxy) is 1. The summed E-state index contributed by atoms with van der Waals surface area (Å²) in [7, 11) is -0.158. The van der Waals surface area contributed by atoms with Gasteiger partial charge in [-0.2, -0.15) is 0 Å². The van der Waals surface area contributed by atoms with E-state index in [9.17, 15) is 0 Å². The van der Waals surface area contributed by atoms with Crippen LogP contribution in [0, 0.1) is 6.92 Å². The molecule has 1 atom stereocenters. The van der Waals surface area contributed by atoms with Gasteiger partial charge in [-0.05, 0) is 56.1 Å². The number of hydrogen-bond donors (Lipinski definition) is 0. The first kappa shape index (κ1) is 14.3. The molecule has 1 saturated carbocycles. The second-order valence-corrected chi connectivity index (χ2v) is 8.88. The minimum atomic E-state index is -0.158. The zero-order valence-corrected chi connectivity index (χ0v) is 14.1. The number of benzene rings is 2. The average Bonchev–Trinajstić information content (AvgIpc) is 3.00. The Hall–Kier alpha value is -1.33. The van der Waals surface area contributed by atoms with Crippen molar-refractivity contribution in [3.63, 3.8) is 0 Å². The van der Waals surface area contributed by atoms with Gasteiger partial charge in [0.05, 0.1) is 0 Å². The van der Waals surface area contributed by atoms with Gasteiger partial charge in [0.1, 0.15) is 12.1 Å². The van der Waals surface area contributed by atoms with Gasteiger partial charge in [0, 0.05) is 5.30 Å². The first-order valence-electron chi connectivity index (χ1n) is 8.43. The highest BCUT2D eigenvalue weighted by molar-refractivity contribution is 7.67. The van der Waals surface area contributed by atoms with Gasteiger partial charge in [-0.3, -0.25) is 0 Å². The maximum atomic E-state index is 6.10. The van der Waals surface area contributed by atoms with Crippen LogP contribution in [0.4, 0.5) is 0 Å². The molecule has 1 fully saturated rings. The molecule has 0 saturated heterocycles. The van der Waals surface area contributed by atoms with Crippen LogP contribution in [0.1, 0.15) is 37.7 Å². The molecular weight excluding hydrogens is 287 g/mol. The SMILES string of the molecule is Cc1ccccc1-c1cccc2c1[P@](C1CCCCC1)CO2. The second-order valence-electron chi connectivity index (χ2n) is 6.50. The predicted octanol–water partition coefficient (Wildman–Crippen LogP) is 5.45. The van der Waals surface area contributed by atoms with Crippen LogP contribution in [0.15, 0.2) is 42.5 Å². The second kappa shape index (κ2) is 6.05. The highest BCUT2D eigenvalue weighted by Gasteiger charge is 2.34. The minimum Gasteiger partial charge on any atom is -0.488 e. The highest BCUT2D eigenvalue weighted by Crippen LogP contribution is 2.54. The third kappa shape index (κ3) is 2.46. The molecule has 1 nitrogen and oxygen atoms in total. The first-order chi connectivity index (χ1) is 10.8. The molecule has 0 aromatic heterocycles. The van der Waals surface area contributed by atoms with Crippen LogP contribution in [0.25, 0.3) is 11.1 Å². The van der Waals surface area contributed by atoms with Crippen LogP contribution in [-0.4, -0.2) is 12.0 Å². The van der Waals surface area contributed by atoms with E-state index in [-0.39, 0.29) is 7.92 Å². The molecule has 1 aliphatic heterocycles. The third-order valence-corrected chi connectivity index (χ3v) is 7.94. The Morgan fingerprint density at radius 3 is 2.50 bits per heavy atom. The fourth-order valence-corrected chi connectivity index (χ4v) is 6.81. The summed E-state index contributed by atoms with van der Waals surface area (Å²) in [6, 6.07) is 15.4. The average molecular weight is 310 g/mol. The van der Waals surface area contributed by atoms with E-state index < -0.39 is 0 Å². The van der Waals surface area contributed by atoms with Gasteiger partial charge in [-0.25, -0.2) is 0 Å². The topological polar surface area (TPSA) is 9.23 Å². The Balaban J connectivity index is 1.79. The summed E-state index contributed by atoms with van der Waals surface area (Å²) < 4.78 is 6.10. The smallest absolute Gasteiger partial charge is 0.128 e. The van der Waals surface area contributed by atoms with Gasteiger partial charge in [0.2, 0.25) is 0 Å². The number of aryl methyl sites for hydroxylation is 1. The molecule has 2 aromatic carbocycles. The molecule has 22 heavy (non-hydrogen) atoms. The lowest BCUT2D eigenvalue weighted by molar-refractivity contribution is 0.399. The molecule has 0 amide bonds. The molecule has 0 unspecified atom stereocenters. The van der Waals surface area contributed by atoms with Crippen LogP contribution in [0.2, 0.25) is 0 Å². The Labute approximate surface area is 134 Å². The lowest BCUT2D eigenvalue weighted by Gasteiger charge is -2.28. The Kier molecular flexibility index (Phi) is 3.92. The van der Waals surface area contributed by atoms with Crippen LogP contribution in [0.5, 0.6) is 5.75 Å². The van der Waals surface area contributed by atoms with Crippen molar-refractivity contribution in [2.75, 3.05) is 6.35 Å². The van der Waals surface area contributed by atoms with E-state index in [4.69, 9.17) is 4.74 Å². The number of rotatable bonds is 2. The number of hydrogen-bond acceptors (Lipinski definition) is 1. The van der Waals surface area contributed by atoms with E-state index in [1.165, 1.54) is 48.8 Å². The summed E-state index contributed by atoms with van der Waals surface area (Å²) in [5.41, 5.74) is 5.04. The summed E-state index contributed by atoms with van der Waals surface area (Å²) in [6.45, 7) is 2.22. The summed E-state index contributed by atoms with van der Waals surface area (Å²) in [5, 5.41) is 1.54. The van der Waals surface area contributed by atoms with Gasteiger partial charge in [0.25, 0.3) is 0 Å². The van der Waals surface area contributed by atoms with E-state index in [0.717, 1.165) is 17.8 Å². The van der Waals surface area contributed by atoms with Crippen LogP contribution in [0.3, 0.4) is 0 Å². The van der Waals surface area contributed by atoms with Crippen molar-refractivity contribution in [3.05, 3.63) is 48.0 Å². The standard InChI is InChI=1S/C20H23OP/c1-15-8-5-6-11-17(15)18-12-7-13-19-20(18)22(14-21-19)16-9-3-2-4-10-16/h5-8,11-13,16H,2-4,9-10,14H2,1H3/t22-/m0/s1. The van der Waals surface area contributed by atoms with Crippen LogP contribution in [-0.2, 0) is 0 Å². The van der Waals surface area contributed by atoms with Crippen molar-refractivity contribution in [2.24, 2.45) is 0 Å². The van der Waals surface area contributed by atoms with Gasteiger partial charge in [-0.1, -0.05) is 55.7 Å². The maximum Gasteiger partial charge on any atom is 0.128 e. The fraction of sp³-hybridized carbons (Fsp3) is 0.400. The van der Waals surface area contributed by atoms with Crippen molar-refractivity contribution in [1.29, 1.82) is 0 Å². The third-order valence-electron chi connectivity index (χ3n) is 5.10.